The summed E-state index contributed by atoms with van der Waals surface area (Å²) in [6.07, 6.45) is 0. The summed E-state index contributed by atoms with van der Waals surface area (Å²) < 4.78 is 122. The molecule has 0 radical (unpaired) electrons. The molecule has 0 aliphatic heterocycles. The van der Waals surface area contributed by atoms with Gasteiger partial charge in [-0.1, -0.05) is 0 Å². The van der Waals surface area contributed by atoms with E-state index in [1.54, 1.807) is 0 Å². The zero-order chi connectivity index (χ0) is 23.1. The van der Waals surface area contributed by atoms with E-state index in [0.29, 0.717) is 0 Å². The monoisotopic (exact) mass is 831 g/mol. The van der Waals surface area contributed by atoms with Crippen molar-refractivity contribution >= 4 is 23.5 Å². The van der Waals surface area contributed by atoms with Crippen molar-refractivity contribution in [2.75, 3.05) is 0 Å². The van der Waals surface area contributed by atoms with E-state index in [9.17, 15) is 45.4 Å². The minimum Gasteiger partial charge on any atom is 1.00 e. The van der Waals surface area contributed by atoms with E-state index in [1.165, 1.54) is 0 Å². The molecule has 0 unspecified atom stereocenters. The summed E-state index contributed by atoms with van der Waals surface area (Å²) in [5, 5.41) is 0. The molecular formula is H6KMo3O21P3Zn. The number of hydrogen-bond donors (Lipinski definition) is 6. The Morgan fingerprint density at radius 3 is 0.621 bits per heavy atom. The van der Waals surface area contributed by atoms with Crippen LogP contribution in [0.4, 0.5) is 0 Å². The van der Waals surface area contributed by atoms with Gasteiger partial charge in [-0.2, -0.15) is 0 Å². The van der Waals surface area contributed by atoms with Gasteiger partial charge in [0.15, 0.2) is 0 Å². The van der Waals surface area contributed by atoms with Crippen LogP contribution in [-0.2, 0) is 113 Å². The smallest absolute Gasteiger partial charge is 1.00 e. The van der Waals surface area contributed by atoms with E-state index in [0.717, 1.165) is 0 Å². The van der Waals surface area contributed by atoms with Crippen molar-refractivity contribution in [3.05, 3.63) is 0 Å². The van der Waals surface area contributed by atoms with Gasteiger partial charge in [-0.15, -0.1) is 0 Å². The number of phosphoric acid groups is 3. The van der Waals surface area contributed by atoms with Gasteiger partial charge in [0.25, 0.3) is 0 Å². The first-order chi connectivity index (χ1) is 11.1. The molecule has 0 aliphatic rings. The summed E-state index contributed by atoms with van der Waals surface area (Å²) in [5.41, 5.74) is 0. The van der Waals surface area contributed by atoms with E-state index in [4.69, 9.17) is 29.4 Å². The second kappa shape index (κ2) is 16.1. The Bertz CT molecular complexity index is 782. The van der Waals surface area contributed by atoms with Crippen LogP contribution in [-0.4, -0.2) is 29.4 Å². The summed E-state index contributed by atoms with van der Waals surface area (Å²) in [6.45, 7) is 0. The number of hydrogen-bond acceptors (Lipinski definition) is 15. The Balaban J connectivity index is -0.0000000960. The Morgan fingerprint density at radius 2 is 0.621 bits per heavy atom. The maximum absolute atomic E-state index is 9.57. The van der Waals surface area contributed by atoms with Crippen LogP contribution in [0.15, 0.2) is 0 Å². The minimum absolute atomic E-state index is 0. The molecule has 0 fully saturated rings. The predicted octanol–water partition coefficient (Wildman–Crippen LogP) is -8.61. The van der Waals surface area contributed by atoms with Gasteiger partial charge in [-0.05, 0) is 0 Å². The van der Waals surface area contributed by atoms with Crippen LogP contribution in [0.2, 0.25) is 0 Å². The van der Waals surface area contributed by atoms with Crippen molar-refractivity contribution in [2.24, 2.45) is 0 Å². The fourth-order valence-corrected chi connectivity index (χ4v) is 6.33. The summed E-state index contributed by atoms with van der Waals surface area (Å²) in [6, 6.07) is 0. The zero-order valence-corrected chi connectivity index (χ0v) is 27.9. The third-order valence-electron chi connectivity index (χ3n) is 0.565. The van der Waals surface area contributed by atoms with Crippen LogP contribution in [0.25, 0.3) is 0 Å². The van der Waals surface area contributed by atoms with Crippen molar-refractivity contribution in [1.29, 1.82) is 0 Å². The average molecular weight is 827 g/mol. The van der Waals surface area contributed by atoms with Gasteiger partial charge in [0.1, 0.15) is 0 Å². The molecule has 0 aromatic rings. The van der Waals surface area contributed by atoms with E-state index >= 15 is 0 Å². The molecule has 0 spiro atoms. The molecule has 0 heterocycles. The maximum Gasteiger partial charge on any atom is 2.00 e. The van der Waals surface area contributed by atoms with E-state index in [2.05, 4.69) is 9.53 Å². The molecular weight excluding hydrogens is 821 g/mol. The third-order valence-corrected chi connectivity index (χ3v) is 10.0. The van der Waals surface area contributed by atoms with Gasteiger partial charge in [0.05, 0.1) is 0 Å². The molecule has 0 aromatic heterocycles. The van der Waals surface area contributed by atoms with Crippen molar-refractivity contribution < 1.29 is 205 Å². The molecule has 0 atom stereocenters. The molecule has 0 aromatic carbocycles. The minimum atomic E-state index is -6.28. The zero-order valence-electron chi connectivity index (χ0n) is 13.1. The van der Waals surface area contributed by atoms with Crippen molar-refractivity contribution in [2.45, 2.75) is 0 Å². The Hall–Kier alpha value is 3.33. The van der Waals surface area contributed by atoms with Crippen molar-refractivity contribution in [3.63, 3.8) is 0 Å². The predicted molar refractivity (Wildman–Crippen MR) is 43.5 cm³/mol. The summed E-state index contributed by atoms with van der Waals surface area (Å²) in [4.78, 5) is 46.1. The van der Waals surface area contributed by atoms with Crippen LogP contribution in [0.3, 0.4) is 0 Å². The van der Waals surface area contributed by atoms with Gasteiger partial charge < -0.3 is 0 Å². The molecule has 0 saturated carbocycles. The second-order valence-corrected chi connectivity index (χ2v) is 15.6. The van der Waals surface area contributed by atoms with E-state index < -0.39 is 73.7 Å². The molecule has 6 N–H and O–H groups in total. The van der Waals surface area contributed by atoms with Crippen LogP contribution in [0, 0.1) is 0 Å². The molecule has 0 saturated heterocycles. The van der Waals surface area contributed by atoms with Gasteiger partial charge >= 0.3 is 229 Å². The Kier molecular flexibility index (Phi) is 23.6. The first kappa shape index (κ1) is 42.5. The van der Waals surface area contributed by atoms with Crippen molar-refractivity contribution in [1.82, 2.24) is 0 Å². The largest absolute Gasteiger partial charge is 2.00 e. The number of rotatable bonds is 6. The molecule has 21 nitrogen and oxygen atoms in total. The molecule has 29 heteroatoms. The topological polar surface area (TPSA) is 372 Å². The first-order valence-electron chi connectivity index (χ1n) is 4.30. The van der Waals surface area contributed by atoms with Gasteiger partial charge in [0, 0.05) is 0 Å². The second-order valence-electron chi connectivity index (χ2n) is 2.92. The van der Waals surface area contributed by atoms with Crippen LogP contribution >= 0.6 is 23.5 Å². The fourth-order valence-electron chi connectivity index (χ4n) is 0.357. The molecule has 0 amide bonds. The quantitative estimate of drug-likeness (QED) is 0.107. The molecule has 29 heavy (non-hydrogen) atoms. The molecule has 0 aliphatic carbocycles. The summed E-state index contributed by atoms with van der Waals surface area (Å²) >= 11 is -18.8. The van der Waals surface area contributed by atoms with E-state index in [1.807, 2.05) is 0 Å². The fraction of sp³-hybridized carbons (Fsp3) is 0. The molecule has 0 rings (SSSR count). The van der Waals surface area contributed by atoms with Gasteiger partial charge in [-0.3, -0.25) is 0 Å². The van der Waals surface area contributed by atoms with Crippen LogP contribution < -0.4 is 62.7 Å². The third kappa shape index (κ3) is 59.2. The van der Waals surface area contributed by atoms with Gasteiger partial charge in [0.2, 0.25) is 0 Å². The normalized spacial score (nSPS) is 12.7. The average Bonchev–Trinajstić information content (AvgIpc) is 1.96. The molecule has 0 bridgehead atoms. The summed E-state index contributed by atoms with van der Waals surface area (Å²) in [7, 11) is -15.4. The van der Waals surface area contributed by atoms with Crippen LogP contribution in [0.5, 0.6) is 0 Å². The van der Waals surface area contributed by atoms with Gasteiger partial charge in [-0.25, -0.2) is 0 Å². The SMILES string of the molecule is O=P(O)(O)[O][Mo](=[O])(=[O])[O-].O=P(O)(O)[O][Mo](=[O])(=[O])[O-].O=P(O)(O)[O][Mo](=[O])(=[O])[O-].[K+].[Zn+2]. The Labute approximate surface area is 225 Å². The maximum atomic E-state index is 9.57. The van der Waals surface area contributed by atoms with Crippen LogP contribution in [0.1, 0.15) is 0 Å². The first-order valence-corrected chi connectivity index (χ1v) is 18.7. The van der Waals surface area contributed by atoms with E-state index in [-0.39, 0.29) is 70.9 Å². The summed E-state index contributed by atoms with van der Waals surface area (Å²) in [5.74, 6) is 0. The molecule has 168 valence electrons. The standard InChI is InChI=1S/K.3Mo.3H3O4P.9O.Zn/c;;;;3*1-5(2,3)4;;;;;;;;;;/h;;;;3*(H3,1,2,3,4);;;;;;;;;;/q4*+1;;;;;;;;;;3*-1;+2/p-3. The van der Waals surface area contributed by atoms with Crippen molar-refractivity contribution in [3.8, 4) is 0 Å². The Morgan fingerprint density at radius 1 is 0.517 bits per heavy atom.